The topological polar surface area (TPSA) is 44.4 Å². The second-order valence-electron chi connectivity index (χ2n) is 6.96. The van der Waals surface area contributed by atoms with Crippen LogP contribution in [0.2, 0.25) is 0 Å². The Bertz CT molecular complexity index is 348. The summed E-state index contributed by atoms with van der Waals surface area (Å²) in [4.78, 5) is 14.5. The summed E-state index contributed by atoms with van der Waals surface area (Å²) in [6.07, 6.45) is 5.47. The lowest BCUT2D eigenvalue weighted by Crippen LogP contribution is -2.41. The van der Waals surface area contributed by atoms with Crippen molar-refractivity contribution in [2.75, 3.05) is 32.7 Å². The molecule has 4 atom stereocenters. The van der Waals surface area contributed by atoms with Gasteiger partial charge in [0.15, 0.2) is 0 Å². The lowest BCUT2D eigenvalue weighted by Gasteiger charge is -2.19. The van der Waals surface area contributed by atoms with E-state index in [1.165, 1.54) is 19.3 Å². The third kappa shape index (κ3) is 2.19. The number of carbonyl (C=O) groups excluding carboxylic acids is 1. The zero-order valence-corrected chi connectivity index (χ0v) is 11.6. The van der Waals surface area contributed by atoms with Gasteiger partial charge in [-0.1, -0.05) is 0 Å². The molecular formula is C15H25N3O. The molecule has 0 radical (unpaired) electrons. The van der Waals surface area contributed by atoms with E-state index in [9.17, 15) is 4.79 Å². The SMILES string of the molecule is O=C(CN1CCCNCC1)NC1C2C3CCC(C3)C12. The predicted octanol–water partition coefficient (Wildman–Crippen LogP) is 0.442. The molecule has 0 aromatic carbocycles. The Balaban J connectivity index is 1.26. The summed E-state index contributed by atoms with van der Waals surface area (Å²) < 4.78 is 0. The maximum atomic E-state index is 12.2. The fourth-order valence-electron chi connectivity index (χ4n) is 5.01. The number of hydrogen-bond donors (Lipinski definition) is 2. The minimum Gasteiger partial charge on any atom is -0.352 e. The molecule has 106 valence electrons. The van der Waals surface area contributed by atoms with E-state index in [4.69, 9.17) is 0 Å². The molecule has 0 aromatic heterocycles. The zero-order valence-electron chi connectivity index (χ0n) is 11.6. The Morgan fingerprint density at radius 3 is 2.74 bits per heavy atom. The van der Waals surface area contributed by atoms with Crippen molar-refractivity contribution in [3.63, 3.8) is 0 Å². The molecule has 0 spiro atoms. The van der Waals surface area contributed by atoms with Crippen LogP contribution in [0.25, 0.3) is 0 Å². The first kappa shape index (κ1) is 12.2. The molecular weight excluding hydrogens is 238 g/mol. The van der Waals surface area contributed by atoms with E-state index in [1.54, 1.807) is 0 Å². The van der Waals surface area contributed by atoms with Gasteiger partial charge in [-0.2, -0.15) is 0 Å². The number of hydrogen-bond acceptors (Lipinski definition) is 3. The van der Waals surface area contributed by atoms with Gasteiger partial charge in [-0.15, -0.1) is 0 Å². The summed E-state index contributed by atoms with van der Waals surface area (Å²) in [7, 11) is 0. The van der Waals surface area contributed by atoms with Gasteiger partial charge in [0.1, 0.15) is 0 Å². The van der Waals surface area contributed by atoms with Crippen molar-refractivity contribution < 1.29 is 4.79 Å². The molecule has 19 heavy (non-hydrogen) atoms. The van der Waals surface area contributed by atoms with Crippen LogP contribution in [0.1, 0.15) is 25.7 Å². The Hall–Kier alpha value is -0.610. The molecule has 4 nitrogen and oxygen atoms in total. The quantitative estimate of drug-likeness (QED) is 0.777. The van der Waals surface area contributed by atoms with E-state index in [-0.39, 0.29) is 5.91 Å². The van der Waals surface area contributed by atoms with Crippen LogP contribution in [0.3, 0.4) is 0 Å². The third-order valence-electron chi connectivity index (χ3n) is 5.86. The van der Waals surface area contributed by atoms with Crippen LogP contribution in [0, 0.1) is 23.7 Å². The summed E-state index contributed by atoms with van der Waals surface area (Å²) in [5, 5.41) is 6.71. The van der Waals surface area contributed by atoms with E-state index in [1.807, 2.05) is 0 Å². The Labute approximate surface area is 115 Å². The highest BCUT2D eigenvalue weighted by atomic mass is 16.2. The first-order valence-corrected chi connectivity index (χ1v) is 8.05. The summed E-state index contributed by atoms with van der Waals surface area (Å²) in [5.41, 5.74) is 0. The van der Waals surface area contributed by atoms with E-state index >= 15 is 0 Å². The monoisotopic (exact) mass is 263 g/mol. The molecule has 1 heterocycles. The molecule has 2 bridgehead atoms. The van der Waals surface area contributed by atoms with Crippen LogP contribution in [0.5, 0.6) is 0 Å². The first-order chi connectivity index (χ1) is 9.33. The van der Waals surface area contributed by atoms with Gasteiger partial charge >= 0.3 is 0 Å². The Morgan fingerprint density at radius 1 is 1.16 bits per heavy atom. The Kier molecular flexibility index (Phi) is 3.03. The third-order valence-corrected chi connectivity index (χ3v) is 5.86. The van der Waals surface area contributed by atoms with Crippen LogP contribution in [-0.2, 0) is 4.79 Å². The van der Waals surface area contributed by atoms with E-state index < -0.39 is 0 Å². The maximum absolute atomic E-state index is 12.2. The zero-order chi connectivity index (χ0) is 12.8. The molecule has 4 heteroatoms. The molecule has 4 unspecified atom stereocenters. The molecule has 2 N–H and O–H groups in total. The molecule has 4 rings (SSSR count). The predicted molar refractivity (Wildman–Crippen MR) is 73.7 cm³/mol. The van der Waals surface area contributed by atoms with E-state index in [2.05, 4.69) is 15.5 Å². The summed E-state index contributed by atoms with van der Waals surface area (Å²) >= 11 is 0. The van der Waals surface area contributed by atoms with Gasteiger partial charge in [-0.05, 0) is 62.4 Å². The Morgan fingerprint density at radius 2 is 1.95 bits per heavy atom. The molecule has 1 saturated heterocycles. The number of carbonyl (C=O) groups is 1. The minimum absolute atomic E-state index is 0.265. The van der Waals surface area contributed by atoms with Crippen molar-refractivity contribution in [3.05, 3.63) is 0 Å². The highest BCUT2D eigenvalue weighted by molar-refractivity contribution is 5.79. The summed E-state index contributed by atoms with van der Waals surface area (Å²) in [5.74, 6) is 3.87. The van der Waals surface area contributed by atoms with Crippen molar-refractivity contribution in [1.29, 1.82) is 0 Å². The fraction of sp³-hybridized carbons (Fsp3) is 0.933. The molecule has 3 saturated carbocycles. The molecule has 1 amide bonds. The van der Waals surface area contributed by atoms with Crippen molar-refractivity contribution in [2.45, 2.75) is 31.7 Å². The second kappa shape index (κ2) is 4.74. The average Bonchev–Trinajstić information content (AvgIpc) is 2.87. The summed E-state index contributed by atoms with van der Waals surface area (Å²) in [6.45, 7) is 4.78. The molecule has 4 aliphatic rings. The molecule has 3 aliphatic carbocycles. The highest BCUT2D eigenvalue weighted by Gasteiger charge is 2.65. The fourth-order valence-corrected chi connectivity index (χ4v) is 5.01. The van der Waals surface area contributed by atoms with Crippen molar-refractivity contribution in [3.8, 4) is 0 Å². The number of nitrogens with one attached hydrogen (secondary N) is 2. The number of amides is 1. The lowest BCUT2D eigenvalue weighted by molar-refractivity contribution is -0.122. The summed E-state index contributed by atoms with van der Waals surface area (Å²) in [6, 6.07) is 0.545. The van der Waals surface area contributed by atoms with Gasteiger partial charge in [-0.3, -0.25) is 9.69 Å². The average molecular weight is 263 g/mol. The van der Waals surface area contributed by atoms with Gasteiger partial charge in [0, 0.05) is 19.1 Å². The van der Waals surface area contributed by atoms with Crippen LogP contribution < -0.4 is 10.6 Å². The smallest absolute Gasteiger partial charge is 0.234 e. The normalized spacial score (nSPS) is 44.7. The second-order valence-corrected chi connectivity index (χ2v) is 6.96. The van der Waals surface area contributed by atoms with Crippen LogP contribution in [0.15, 0.2) is 0 Å². The van der Waals surface area contributed by atoms with E-state index in [0.717, 1.165) is 56.3 Å². The van der Waals surface area contributed by atoms with Crippen LogP contribution >= 0.6 is 0 Å². The van der Waals surface area contributed by atoms with Crippen molar-refractivity contribution in [2.24, 2.45) is 23.7 Å². The lowest BCUT2D eigenvalue weighted by atomic mass is 10.0. The first-order valence-electron chi connectivity index (χ1n) is 8.05. The van der Waals surface area contributed by atoms with Crippen molar-refractivity contribution in [1.82, 2.24) is 15.5 Å². The van der Waals surface area contributed by atoms with Gasteiger partial charge < -0.3 is 10.6 Å². The standard InChI is InChI=1S/C15H25N3O/c19-12(9-18-6-1-4-16-5-7-18)17-15-13-10-2-3-11(8-10)14(13)15/h10-11,13-16H,1-9H2,(H,17,19). The van der Waals surface area contributed by atoms with Crippen molar-refractivity contribution >= 4 is 5.91 Å². The van der Waals surface area contributed by atoms with E-state index in [0.29, 0.717) is 12.6 Å². The molecule has 1 aliphatic heterocycles. The number of fused-ring (bicyclic) bond motifs is 5. The van der Waals surface area contributed by atoms with Gasteiger partial charge in [0.25, 0.3) is 0 Å². The highest BCUT2D eigenvalue weighted by Crippen LogP contribution is 2.65. The van der Waals surface area contributed by atoms with Gasteiger partial charge in [0.05, 0.1) is 6.54 Å². The number of nitrogens with zero attached hydrogens (tertiary/aromatic N) is 1. The van der Waals surface area contributed by atoms with Gasteiger partial charge in [0.2, 0.25) is 5.91 Å². The van der Waals surface area contributed by atoms with Crippen LogP contribution in [0.4, 0.5) is 0 Å². The largest absolute Gasteiger partial charge is 0.352 e. The number of rotatable bonds is 3. The molecule has 4 fully saturated rings. The minimum atomic E-state index is 0.265. The van der Waals surface area contributed by atoms with Crippen LogP contribution in [-0.4, -0.2) is 49.6 Å². The molecule has 0 aromatic rings. The van der Waals surface area contributed by atoms with Gasteiger partial charge in [-0.25, -0.2) is 0 Å². The maximum Gasteiger partial charge on any atom is 0.234 e.